The molecule has 6 rings (SSSR count). The van der Waals surface area contributed by atoms with Gasteiger partial charge in [-0.15, -0.1) is 0 Å². The zero-order valence-corrected chi connectivity index (χ0v) is 57.4. The fourth-order valence-electron chi connectivity index (χ4n) is 11.6. The van der Waals surface area contributed by atoms with Crippen LogP contribution >= 0.6 is 12.6 Å². The second-order valence-electron chi connectivity index (χ2n) is 25.1. The molecule has 30 nitrogen and oxygen atoms in total. The third-order valence-electron chi connectivity index (χ3n) is 17.1. The molecule has 0 bridgehead atoms. The highest BCUT2D eigenvalue weighted by molar-refractivity contribution is 7.80. The smallest absolute Gasteiger partial charge is 0.327 e. The number of likely N-dealkylation sites (tertiary alicyclic amines) is 1. The van der Waals surface area contributed by atoms with E-state index in [0.717, 1.165) is 4.90 Å². The summed E-state index contributed by atoms with van der Waals surface area (Å²) in [4.78, 5) is 172. The number of carboxylic acids is 1. The maximum Gasteiger partial charge on any atom is 0.327 e. The molecule has 546 valence electrons. The molecule has 1 aliphatic rings. The molecule has 11 amide bonds. The number of H-pyrrole nitrogens is 1. The Labute approximate surface area is 590 Å². The number of primary amides is 1. The van der Waals surface area contributed by atoms with Crippen molar-refractivity contribution >= 4 is 94.5 Å². The number of nitrogens with zero attached hydrogens (tertiary/aromatic N) is 1. The van der Waals surface area contributed by atoms with Gasteiger partial charge in [0.1, 0.15) is 60.4 Å². The first-order chi connectivity index (χ1) is 48.3. The number of carbonyl (C=O) groups excluding carboxylic acids is 11. The summed E-state index contributed by atoms with van der Waals surface area (Å²) in [5.41, 5.74) is 26.0. The predicted octanol–water partition coefficient (Wildman–Crippen LogP) is -1.97. The highest BCUT2D eigenvalue weighted by Gasteiger charge is 2.42. The van der Waals surface area contributed by atoms with Crippen LogP contribution in [0.25, 0.3) is 10.9 Å². The van der Waals surface area contributed by atoms with E-state index in [2.05, 4.69) is 65.5 Å². The lowest BCUT2D eigenvalue weighted by atomic mass is 10.00. The number of aliphatic hydroxyl groups excluding tert-OH is 2. The number of nitrogens with two attached hydrogens (primary N) is 4. The lowest BCUT2D eigenvalue weighted by molar-refractivity contribution is -0.146. The van der Waals surface area contributed by atoms with Crippen LogP contribution in [-0.2, 0) is 83.2 Å². The van der Waals surface area contributed by atoms with E-state index in [1.165, 1.54) is 13.8 Å². The van der Waals surface area contributed by atoms with Gasteiger partial charge in [-0.2, -0.15) is 12.6 Å². The van der Waals surface area contributed by atoms with Crippen LogP contribution in [0.2, 0.25) is 0 Å². The second-order valence-corrected chi connectivity index (χ2v) is 25.4. The fourth-order valence-corrected chi connectivity index (χ4v) is 11.8. The SMILES string of the molecule is C[C@@H](O)[C@H](NC(=O)[C@H](CCCCN)NC(=O)[C@@H](Cc1c[nH]c2ccccc12)NC(=O)[C@H](Cc1ccccc1)NC(=O)[C@H](Cc1ccccc1)NC(=O)[C@H](CC(N)=O)NC(=O)[C@@H](N)CCCCN)C(=O)N[C@@H](Cc1ccccc1)C(=O)N[C@H](C(=O)N1CCC[C@H]1C(=O)N[C@@H](CS)C(=O)O)[C@@H](C)O. The summed E-state index contributed by atoms with van der Waals surface area (Å²) in [5.74, 6) is -11.7. The molecule has 1 aromatic heterocycles. The molecular weight excluding hydrogens is 1320 g/mol. The average Bonchev–Trinajstić information content (AvgIpc) is 1.74. The molecule has 0 saturated carbocycles. The zero-order valence-electron chi connectivity index (χ0n) is 56.5. The quantitative estimate of drug-likeness (QED) is 0.0149. The van der Waals surface area contributed by atoms with Crippen molar-refractivity contribution in [3.8, 4) is 0 Å². The Morgan fingerprint density at radius 1 is 0.515 bits per heavy atom. The number of hydrogen-bond acceptors (Lipinski definition) is 18. The van der Waals surface area contributed by atoms with Crippen molar-refractivity contribution in [1.29, 1.82) is 0 Å². The van der Waals surface area contributed by atoms with E-state index in [1.54, 1.807) is 121 Å². The fraction of sp³-hybridized carbons (Fsp3) is 0.457. The Bertz CT molecular complexity index is 3610. The predicted molar refractivity (Wildman–Crippen MR) is 377 cm³/mol. The number of fused-ring (bicyclic) bond motifs is 1. The van der Waals surface area contributed by atoms with Crippen LogP contribution in [0.1, 0.15) is 93.9 Å². The van der Waals surface area contributed by atoms with Crippen LogP contribution in [0.3, 0.4) is 0 Å². The molecule has 31 heteroatoms. The van der Waals surface area contributed by atoms with E-state index in [9.17, 15) is 63.3 Å². The number of aliphatic hydroxyl groups is 2. The van der Waals surface area contributed by atoms with Gasteiger partial charge in [-0.1, -0.05) is 116 Å². The highest BCUT2D eigenvalue weighted by Crippen LogP contribution is 2.22. The van der Waals surface area contributed by atoms with Gasteiger partial charge in [0, 0.05) is 55.1 Å². The van der Waals surface area contributed by atoms with Gasteiger partial charge in [-0.25, -0.2) is 4.79 Å². The van der Waals surface area contributed by atoms with E-state index in [-0.39, 0.29) is 70.2 Å². The molecule has 101 heavy (non-hydrogen) atoms. The van der Waals surface area contributed by atoms with Crippen LogP contribution in [0.5, 0.6) is 0 Å². The van der Waals surface area contributed by atoms with Crippen LogP contribution in [0.15, 0.2) is 121 Å². The van der Waals surface area contributed by atoms with Crippen LogP contribution < -0.4 is 70.8 Å². The molecule has 4 aromatic carbocycles. The number of amides is 11. The third kappa shape index (κ3) is 24.8. The number of rotatable bonds is 41. The Hall–Kier alpha value is -9.79. The Morgan fingerprint density at radius 2 is 0.941 bits per heavy atom. The Kier molecular flexibility index (Phi) is 32.1. The monoisotopic (exact) mass is 1420 g/mol. The number of benzene rings is 4. The van der Waals surface area contributed by atoms with E-state index in [0.29, 0.717) is 65.4 Å². The van der Waals surface area contributed by atoms with Crippen molar-refractivity contribution in [1.82, 2.24) is 57.7 Å². The van der Waals surface area contributed by atoms with Crippen molar-refractivity contribution < 1.29 is 72.9 Å². The summed E-state index contributed by atoms with van der Waals surface area (Å²) < 4.78 is 0. The number of aromatic nitrogens is 1. The van der Waals surface area contributed by atoms with Gasteiger partial charge in [0.2, 0.25) is 65.0 Å². The molecule has 5 aromatic rings. The number of unbranched alkanes of at least 4 members (excludes halogenated alkanes) is 2. The first-order valence-corrected chi connectivity index (χ1v) is 34.3. The van der Waals surface area contributed by atoms with Gasteiger partial charge in [-0.3, -0.25) is 52.7 Å². The largest absolute Gasteiger partial charge is 0.480 e. The summed E-state index contributed by atoms with van der Waals surface area (Å²) in [6, 6.07) is 16.2. The molecule has 0 spiro atoms. The minimum atomic E-state index is -1.84. The molecular formula is C70H95N15O15S. The number of aliphatic carboxylic acids is 1. The molecule has 21 N–H and O–H groups in total. The van der Waals surface area contributed by atoms with Crippen molar-refractivity contribution in [2.75, 3.05) is 25.4 Å². The van der Waals surface area contributed by atoms with Gasteiger partial charge < -0.3 is 96.0 Å². The number of carboxylic acid groups (broad SMARTS) is 1. The molecule has 1 aliphatic heterocycles. The summed E-state index contributed by atoms with van der Waals surface area (Å²) in [6.45, 7) is 2.96. The van der Waals surface area contributed by atoms with E-state index < -0.39 is 156 Å². The second kappa shape index (κ2) is 40.5. The van der Waals surface area contributed by atoms with Gasteiger partial charge in [-0.05, 0) is 100 Å². The van der Waals surface area contributed by atoms with Crippen molar-refractivity contribution in [3.05, 3.63) is 144 Å². The molecule has 1 saturated heterocycles. The zero-order chi connectivity index (χ0) is 73.7. The topological polar surface area (TPSA) is 497 Å². The van der Waals surface area contributed by atoms with E-state index >= 15 is 9.59 Å². The normalized spacial score (nSPS) is 16.3. The Balaban J connectivity index is 1.28. The van der Waals surface area contributed by atoms with Gasteiger partial charge in [0.05, 0.1) is 24.7 Å². The number of para-hydroxylation sites is 1. The number of hydrogen-bond donors (Lipinski definition) is 18. The van der Waals surface area contributed by atoms with Gasteiger partial charge >= 0.3 is 5.97 Å². The number of aromatic amines is 1. The highest BCUT2D eigenvalue weighted by atomic mass is 32.1. The van der Waals surface area contributed by atoms with Crippen molar-refractivity contribution in [3.63, 3.8) is 0 Å². The van der Waals surface area contributed by atoms with E-state index in [1.807, 2.05) is 0 Å². The summed E-state index contributed by atoms with van der Waals surface area (Å²) >= 11 is 4.00. The standard InChI is InChI=1S/C70H95N15O15S/c1-40(86)58(68(97)81-52(35-44-23-10-5-11-24-44)66(95)84-59(41(2)87)69(98)85-32-18-29-56(85)67(96)82-55(39-101)70(99)100)83-61(90)49(28-15-17-31-72)76-64(93)53(36-45-38-75-48-27-13-12-25-46(45)48)80-63(92)51(34-43-21-8-4-9-22-43)78-62(91)50(33-42-19-6-3-7-20-42)79-65(94)54(37-57(74)88)77-60(89)47(73)26-14-16-30-71/h3-13,19-25,27,38,40-41,47,49-56,58-59,75,86-87,101H,14-18,26,28-37,39,71-73H2,1-2H3,(H2,74,88)(H,76,93)(H,77,89)(H,78,91)(H,79,94)(H,80,92)(H,81,97)(H,82,96)(H,83,90)(H,84,95)(H,99,100)/t40-,41-,47+,49+,50+,51+,52+,53-,54+,55+,56+,58+,59+/m1/s1. The maximum atomic E-state index is 15.2. The molecule has 0 unspecified atom stereocenters. The molecule has 13 atom stereocenters. The number of thiol groups is 1. The first-order valence-electron chi connectivity index (χ1n) is 33.7. The third-order valence-corrected chi connectivity index (χ3v) is 17.5. The van der Waals surface area contributed by atoms with Crippen molar-refractivity contribution in [2.45, 2.75) is 176 Å². The summed E-state index contributed by atoms with van der Waals surface area (Å²) in [6.07, 6.45) is -0.852. The van der Waals surface area contributed by atoms with Gasteiger partial charge in [0.25, 0.3) is 0 Å². The van der Waals surface area contributed by atoms with E-state index in [4.69, 9.17) is 22.9 Å². The van der Waals surface area contributed by atoms with Crippen LogP contribution in [0, 0.1) is 0 Å². The lowest BCUT2D eigenvalue weighted by Crippen LogP contribution is -2.63. The summed E-state index contributed by atoms with van der Waals surface area (Å²) in [5, 5.41) is 55.9. The maximum absolute atomic E-state index is 15.2. The first kappa shape index (κ1) is 80.2. The van der Waals surface area contributed by atoms with Crippen molar-refractivity contribution in [2.24, 2.45) is 22.9 Å². The van der Waals surface area contributed by atoms with Crippen LogP contribution in [0.4, 0.5) is 0 Å². The van der Waals surface area contributed by atoms with Gasteiger partial charge in [0.15, 0.2) is 0 Å². The minimum absolute atomic E-state index is 0.0134. The number of carbonyl (C=O) groups is 12. The van der Waals surface area contributed by atoms with Crippen LogP contribution in [-0.4, -0.2) is 200 Å². The molecule has 0 radical (unpaired) electrons. The average molecular weight is 1420 g/mol. The minimum Gasteiger partial charge on any atom is -0.480 e. The number of nitrogens with one attached hydrogen (secondary N) is 10. The molecule has 2 heterocycles. The summed E-state index contributed by atoms with van der Waals surface area (Å²) in [7, 11) is 0. The lowest BCUT2D eigenvalue weighted by Gasteiger charge is -2.32. The molecule has 0 aliphatic carbocycles. The Morgan fingerprint density at radius 3 is 1.43 bits per heavy atom. The molecule has 1 fully saturated rings.